The number of benzene rings is 1. The zero-order chi connectivity index (χ0) is 26.4. The molecule has 2 aromatic heterocycles. The van der Waals surface area contributed by atoms with E-state index in [0.29, 0.717) is 45.7 Å². The molecule has 3 aromatic rings. The van der Waals surface area contributed by atoms with Crippen LogP contribution in [0.3, 0.4) is 0 Å². The van der Waals surface area contributed by atoms with Gasteiger partial charge in [-0.25, -0.2) is 14.6 Å². The lowest BCUT2D eigenvalue weighted by atomic mass is 10.1. The van der Waals surface area contributed by atoms with Gasteiger partial charge in [0.2, 0.25) is 5.43 Å². The molecule has 0 fully saturated rings. The van der Waals surface area contributed by atoms with E-state index in [4.69, 9.17) is 14.9 Å². The fourth-order valence-electron chi connectivity index (χ4n) is 3.52. The molecular formula is C24H28N4O7S. The van der Waals surface area contributed by atoms with E-state index in [9.17, 15) is 24.3 Å². The molecule has 0 spiro atoms. The van der Waals surface area contributed by atoms with Crippen LogP contribution in [0.4, 0.5) is 4.79 Å². The van der Waals surface area contributed by atoms with Gasteiger partial charge in [0.05, 0.1) is 10.9 Å². The summed E-state index contributed by atoms with van der Waals surface area (Å²) in [5, 5.41) is 17.0. The van der Waals surface area contributed by atoms with Crippen LogP contribution in [-0.2, 0) is 16.0 Å². The van der Waals surface area contributed by atoms with E-state index in [-0.39, 0.29) is 18.4 Å². The number of nitrogens with two attached hydrogens (primary N) is 1. The van der Waals surface area contributed by atoms with Gasteiger partial charge in [0.15, 0.2) is 6.10 Å². The number of hydrogen-bond acceptors (Lipinski definition) is 8. The van der Waals surface area contributed by atoms with E-state index in [1.54, 1.807) is 12.1 Å². The SMILES string of the molecule is CCc1cc2c(=O)c(-c3nc(C)cs3)coc2cc1O[C@H](C)C(=O)N[C@@H](CCCNC(N)=O)C(=O)O. The van der Waals surface area contributed by atoms with Crippen LogP contribution in [0, 0.1) is 6.92 Å². The van der Waals surface area contributed by atoms with E-state index in [0.717, 1.165) is 5.69 Å². The van der Waals surface area contributed by atoms with Gasteiger partial charge in [0.25, 0.3) is 5.91 Å². The van der Waals surface area contributed by atoms with Crippen molar-refractivity contribution in [3.8, 4) is 16.3 Å². The molecule has 12 heteroatoms. The number of carbonyl (C=O) groups is 3. The van der Waals surface area contributed by atoms with Crippen molar-refractivity contribution in [3.63, 3.8) is 0 Å². The Kier molecular flexibility index (Phi) is 8.64. The maximum atomic E-state index is 13.1. The number of carboxylic acids is 1. The third-order valence-corrected chi connectivity index (χ3v) is 6.44. The number of aryl methyl sites for hydroxylation is 2. The molecule has 0 aliphatic heterocycles. The number of amides is 3. The highest BCUT2D eigenvalue weighted by molar-refractivity contribution is 7.13. The molecule has 2 heterocycles. The summed E-state index contributed by atoms with van der Waals surface area (Å²) >= 11 is 1.36. The van der Waals surface area contributed by atoms with Crippen LogP contribution in [0.1, 0.15) is 37.9 Å². The highest BCUT2D eigenvalue weighted by Gasteiger charge is 2.25. The lowest BCUT2D eigenvalue weighted by molar-refractivity contribution is -0.143. The van der Waals surface area contributed by atoms with Crippen molar-refractivity contribution in [2.45, 2.75) is 52.2 Å². The van der Waals surface area contributed by atoms with E-state index >= 15 is 0 Å². The fourth-order valence-corrected chi connectivity index (χ4v) is 4.32. The topological polar surface area (TPSA) is 174 Å². The zero-order valence-electron chi connectivity index (χ0n) is 20.1. The molecule has 36 heavy (non-hydrogen) atoms. The standard InChI is InChI=1S/C24H28N4O7S/c1-4-14-8-15-19(34-10-16(20(15)29)22-27-12(2)11-36-22)9-18(14)35-13(3)21(30)28-17(23(31)32)6-5-7-26-24(25)33/h8-11,13,17H,4-7H2,1-3H3,(H,28,30)(H,31,32)(H3,25,26,33)/t13-,17+/m1/s1. The van der Waals surface area contributed by atoms with E-state index in [1.807, 2.05) is 19.2 Å². The number of fused-ring (bicyclic) bond motifs is 1. The molecule has 5 N–H and O–H groups in total. The molecule has 0 unspecified atom stereocenters. The van der Waals surface area contributed by atoms with E-state index in [2.05, 4.69) is 15.6 Å². The Morgan fingerprint density at radius 1 is 1.31 bits per heavy atom. The molecule has 0 saturated carbocycles. The van der Waals surface area contributed by atoms with E-state index in [1.165, 1.54) is 24.5 Å². The molecule has 0 radical (unpaired) electrons. The minimum Gasteiger partial charge on any atom is -0.480 e. The number of hydrogen-bond donors (Lipinski definition) is 4. The molecule has 2 atom stereocenters. The van der Waals surface area contributed by atoms with Gasteiger partial charge >= 0.3 is 12.0 Å². The summed E-state index contributed by atoms with van der Waals surface area (Å²) in [5.74, 6) is -1.47. The highest BCUT2D eigenvalue weighted by atomic mass is 32.1. The van der Waals surface area contributed by atoms with Gasteiger partial charge in [-0.2, -0.15) is 0 Å². The number of aromatic nitrogens is 1. The molecular weight excluding hydrogens is 488 g/mol. The van der Waals surface area contributed by atoms with Crippen molar-refractivity contribution >= 4 is 40.2 Å². The van der Waals surface area contributed by atoms with Crippen molar-refractivity contribution < 1.29 is 28.6 Å². The van der Waals surface area contributed by atoms with Crippen molar-refractivity contribution in [2.75, 3.05) is 6.54 Å². The quantitative estimate of drug-likeness (QED) is 0.281. The molecule has 3 amide bonds. The summed E-state index contributed by atoms with van der Waals surface area (Å²) < 4.78 is 11.6. The smallest absolute Gasteiger partial charge is 0.326 e. The number of primary amides is 1. The van der Waals surface area contributed by atoms with E-state index < -0.39 is 30.1 Å². The Hall–Kier alpha value is -3.93. The molecule has 0 bridgehead atoms. The monoisotopic (exact) mass is 516 g/mol. The number of nitrogens with one attached hydrogen (secondary N) is 2. The molecule has 0 saturated heterocycles. The Morgan fingerprint density at radius 3 is 2.67 bits per heavy atom. The van der Waals surface area contributed by atoms with Crippen LogP contribution in [0.15, 0.2) is 33.0 Å². The Morgan fingerprint density at radius 2 is 2.06 bits per heavy atom. The second-order valence-corrected chi connectivity index (χ2v) is 9.03. The predicted molar refractivity (Wildman–Crippen MR) is 134 cm³/mol. The Balaban J connectivity index is 1.77. The first-order valence-corrected chi connectivity index (χ1v) is 12.2. The number of carbonyl (C=O) groups excluding carboxylic acids is 2. The minimum atomic E-state index is -1.21. The maximum Gasteiger partial charge on any atom is 0.326 e. The number of urea groups is 1. The van der Waals surface area contributed by atoms with Gasteiger partial charge in [-0.1, -0.05) is 6.92 Å². The van der Waals surface area contributed by atoms with Crippen molar-refractivity contribution in [1.82, 2.24) is 15.6 Å². The molecule has 192 valence electrons. The zero-order valence-corrected chi connectivity index (χ0v) is 20.9. The number of rotatable bonds is 11. The normalized spacial score (nSPS) is 12.6. The van der Waals surface area contributed by atoms with Gasteiger partial charge in [-0.3, -0.25) is 9.59 Å². The number of aliphatic carboxylic acids is 1. The van der Waals surface area contributed by atoms with Crippen molar-refractivity contribution in [1.29, 1.82) is 0 Å². The predicted octanol–water partition coefficient (Wildman–Crippen LogP) is 2.57. The summed E-state index contributed by atoms with van der Waals surface area (Å²) in [6, 6.07) is 1.36. The van der Waals surface area contributed by atoms with Gasteiger partial charge in [-0.05, 0) is 44.7 Å². The average molecular weight is 517 g/mol. The third kappa shape index (κ3) is 6.39. The van der Waals surface area contributed by atoms with Crippen LogP contribution in [0.25, 0.3) is 21.5 Å². The number of nitrogens with zero attached hydrogens (tertiary/aromatic N) is 1. The first-order chi connectivity index (χ1) is 17.1. The number of carboxylic acid groups (broad SMARTS) is 1. The fraction of sp³-hybridized carbons (Fsp3) is 0.375. The average Bonchev–Trinajstić information content (AvgIpc) is 3.26. The maximum absolute atomic E-state index is 13.1. The lowest BCUT2D eigenvalue weighted by Gasteiger charge is -2.20. The molecule has 0 aliphatic carbocycles. The number of ether oxygens (including phenoxy) is 1. The Labute approximate surface area is 210 Å². The van der Waals surface area contributed by atoms with Crippen LogP contribution < -0.4 is 26.5 Å². The Bertz CT molecular complexity index is 1330. The summed E-state index contributed by atoms with van der Waals surface area (Å²) in [5.41, 5.74) is 6.94. The molecule has 0 aliphatic rings. The summed E-state index contributed by atoms with van der Waals surface area (Å²) in [7, 11) is 0. The minimum absolute atomic E-state index is 0.0936. The van der Waals surface area contributed by atoms with Crippen molar-refractivity contribution in [2.24, 2.45) is 5.73 Å². The first-order valence-electron chi connectivity index (χ1n) is 11.3. The van der Waals surface area contributed by atoms with Gasteiger partial charge in [0, 0.05) is 23.7 Å². The lowest BCUT2D eigenvalue weighted by Crippen LogP contribution is -2.46. The second kappa shape index (κ2) is 11.7. The molecule has 11 nitrogen and oxygen atoms in total. The van der Waals surface area contributed by atoms with Crippen LogP contribution >= 0.6 is 11.3 Å². The van der Waals surface area contributed by atoms with Gasteiger partial charge in [-0.15, -0.1) is 11.3 Å². The second-order valence-electron chi connectivity index (χ2n) is 8.17. The summed E-state index contributed by atoms with van der Waals surface area (Å²) in [6.07, 6.45) is 1.25. The third-order valence-electron chi connectivity index (χ3n) is 5.44. The largest absolute Gasteiger partial charge is 0.480 e. The summed E-state index contributed by atoms with van der Waals surface area (Å²) in [4.78, 5) is 52.4. The van der Waals surface area contributed by atoms with Gasteiger partial charge < -0.3 is 30.6 Å². The van der Waals surface area contributed by atoms with Crippen LogP contribution in [0.2, 0.25) is 0 Å². The van der Waals surface area contributed by atoms with Crippen LogP contribution in [0.5, 0.6) is 5.75 Å². The summed E-state index contributed by atoms with van der Waals surface area (Å²) in [6.45, 7) is 5.41. The first kappa shape index (κ1) is 26.7. The van der Waals surface area contributed by atoms with Gasteiger partial charge in [0.1, 0.15) is 28.6 Å². The number of thiazole rings is 1. The highest BCUT2D eigenvalue weighted by Crippen LogP contribution is 2.29. The molecule has 3 rings (SSSR count). The molecule has 1 aromatic carbocycles. The van der Waals surface area contributed by atoms with Crippen LogP contribution in [-0.4, -0.2) is 46.7 Å². The van der Waals surface area contributed by atoms with Crippen molar-refractivity contribution in [3.05, 3.63) is 45.3 Å².